The van der Waals surface area contributed by atoms with E-state index in [0.29, 0.717) is 32.1 Å². The van der Waals surface area contributed by atoms with Crippen molar-refractivity contribution in [2.75, 3.05) is 24.7 Å². The van der Waals surface area contributed by atoms with Crippen molar-refractivity contribution in [3.63, 3.8) is 0 Å². The van der Waals surface area contributed by atoms with E-state index in [-0.39, 0.29) is 5.91 Å². The molecule has 86 valence electrons. The molecule has 3 N–H and O–H groups in total. The van der Waals surface area contributed by atoms with Crippen molar-refractivity contribution in [2.45, 2.75) is 30.8 Å². The van der Waals surface area contributed by atoms with Crippen molar-refractivity contribution in [3.8, 4) is 0 Å². The number of amides is 1. The van der Waals surface area contributed by atoms with Gasteiger partial charge in [-0.25, -0.2) is 0 Å². The number of hydrogen-bond donors (Lipinski definition) is 2. The van der Waals surface area contributed by atoms with Gasteiger partial charge in [0.15, 0.2) is 0 Å². The van der Waals surface area contributed by atoms with Gasteiger partial charge in [-0.2, -0.15) is 11.8 Å². The normalized spacial score (nSPS) is 30.1. The Labute approximate surface area is 94.3 Å². The van der Waals surface area contributed by atoms with Crippen LogP contribution in [0.5, 0.6) is 0 Å². The molecular formula is C10H18N2O2S. The first-order chi connectivity index (χ1) is 7.21. The molecule has 0 spiro atoms. The fraction of sp³-hybridized carbons (Fsp3) is 0.900. The van der Waals surface area contributed by atoms with E-state index < -0.39 is 5.54 Å². The van der Waals surface area contributed by atoms with Gasteiger partial charge in [-0.05, 0) is 25.0 Å². The molecule has 0 saturated carbocycles. The van der Waals surface area contributed by atoms with Crippen molar-refractivity contribution >= 4 is 17.7 Å². The molecule has 0 radical (unpaired) electrons. The number of hydrogen-bond acceptors (Lipinski definition) is 4. The predicted octanol–water partition coefficient (Wildman–Crippen LogP) is 0.116. The Hall–Kier alpha value is -0.260. The highest BCUT2D eigenvalue weighted by atomic mass is 32.2. The maximum absolute atomic E-state index is 12.0. The van der Waals surface area contributed by atoms with Crippen LogP contribution in [0.15, 0.2) is 0 Å². The second-order valence-electron chi connectivity index (χ2n) is 4.30. The molecule has 2 aliphatic rings. The number of carbonyl (C=O) groups is 1. The van der Waals surface area contributed by atoms with E-state index in [1.165, 1.54) is 0 Å². The maximum Gasteiger partial charge on any atom is 0.240 e. The lowest BCUT2D eigenvalue weighted by Gasteiger charge is -2.32. The average molecular weight is 230 g/mol. The van der Waals surface area contributed by atoms with Gasteiger partial charge in [0.05, 0.1) is 5.54 Å². The van der Waals surface area contributed by atoms with Crippen LogP contribution in [0, 0.1) is 0 Å². The monoisotopic (exact) mass is 230 g/mol. The minimum absolute atomic E-state index is 0.0123. The van der Waals surface area contributed by atoms with Crippen LogP contribution in [0.25, 0.3) is 0 Å². The third-order valence-electron chi connectivity index (χ3n) is 3.10. The van der Waals surface area contributed by atoms with Gasteiger partial charge in [0.25, 0.3) is 0 Å². The van der Waals surface area contributed by atoms with Crippen molar-refractivity contribution in [1.82, 2.24) is 5.32 Å². The largest absolute Gasteiger partial charge is 0.381 e. The van der Waals surface area contributed by atoms with Crippen molar-refractivity contribution in [1.29, 1.82) is 0 Å². The Morgan fingerprint density at radius 2 is 2.20 bits per heavy atom. The third-order valence-corrected chi connectivity index (χ3v) is 4.26. The molecule has 2 fully saturated rings. The molecule has 1 unspecified atom stereocenters. The van der Waals surface area contributed by atoms with Crippen molar-refractivity contribution in [2.24, 2.45) is 5.73 Å². The first-order valence-corrected chi connectivity index (χ1v) is 6.61. The van der Waals surface area contributed by atoms with Crippen LogP contribution < -0.4 is 11.1 Å². The number of thioether (sulfide) groups is 1. The van der Waals surface area contributed by atoms with E-state index >= 15 is 0 Å². The molecule has 2 rings (SSSR count). The van der Waals surface area contributed by atoms with Gasteiger partial charge >= 0.3 is 0 Å². The molecule has 2 aliphatic heterocycles. The van der Waals surface area contributed by atoms with Gasteiger partial charge in [0, 0.05) is 25.0 Å². The fourth-order valence-electron chi connectivity index (χ4n) is 1.94. The summed E-state index contributed by atoms with van der Waals surface area (Å²) in [5.74, 6) is 2.18. The summed E-state index contributed by atoms with van der Waals surface area (Å²) in [5.41, 5.74) is 5.39. The van der Waals surface area contributed by atoms with Gasteiger partial charge in [-0.3, -0.25) is 4.79 Å². The first-order valence-electron chi connectivity index (χ1n) is 5.46. The molecule has 2 saturated heterocycles. The molecule has 15 heavy (non-hydrogen) atoms. The highest BCUT2D eigenvalue weighted by Crippen LogP contribution is 2.21. The van der Waals surface area contributed by atoms with Gasteiger partial charge in [0.2, 0.25) is 5.91 Å². The lowest BCUT2D eigenvalue weighted by Crippen LogP contribution is -2.58. The van der Waals surface area contributed by atoms with Crippen LogP contribution in [-0.2, 0) is 9.53 Å². The number of carbonyl (C=O) groups excluding carboxylic acids is 1. The molecule has 1 atom stereocenters. The smallest absolute Gasteiger partial charge is 0.240 e. The van der Waals surface area contributed by atoms with E-state index in [0.717, 1.165) is 17.9 Å². The van der Waals surface area contributed by atoms with Gasteiger partial charge in [-0.15, -0.1) is 0 Å². The maximum atomic E-state index is 12.0. The van der Waals surface area contributed by atoms with Gasteiger partial charge in [0.1, 0.15) is 0 Å². The summed E-state index contributed by atoms with van der Waals surface area (Å²) in [4.78, 5) is 12.0. The number of ether oxygens (including phenoxy) is 1. The van der Waals surface area contributed by atoms with Crippen LogP contribution in [0.1, 0.15) is 19.3 Å². The Bertz CT molecular complexity index is 236. The molecule has 0 aliphatic carbocycles. The molecule has 5 heteroatoms. The number of rotatable bonds is 2. The Kier molecular flexibility index (Phi) is 3.53. The summed E-state index contributed by atoms with van der Waals surface area (Å²) in [6.07, 6.45) is 2.35. The van der Waals surface area contributed by atoms with Crippen LogP contribution in [0.2, 0.25) is 0 Å². The minimum atomic E-state index is -0.689. The molecule has 4 nitrogen and oxygen atoms in total. The van der Waals surface area contributed by atoms with Crippen LogP contribution in [0.3, 0.4) is 0 Å². The highest BCUT2D eigenvalue weighted by Gasteiger charge is 2.37. The van der Waals surface area contributed by atoms with Crippen LogP contribution >= 0.6 is 11.8 Å². The van der Waals surface area contributed by atoms with Gasteiger partial charge < -0.3 is 15.8 Å². The fourth-order valence-corrected chi connectivity index (χ4v) is 3.09. The molecule has 0 bridgehead atoms. The second-order valence-corrected chi connectivity index (χ2v) is 5.45. The van der Waals surface area contributed by atoms with E-state index in [4.69, 9.17) is 10.5 Å². The standard InChI is InChI=1S/C10H18N2O2S/c11-10(2-4-14-5-3-10)9(13)12-8-1-6-15-7-8/h8H,1-7,11H2,(H,12,13). The summed E-state index contributed by atoms with van der Waals surface area (Å²) < 4.78 is 5.22. The topological polar surface area (TPSA) is 64.4 Å². The summed E-state index contributed by atoms with van der Waals surface area (Å²) in [6, 6.07) is 0.325. The second kappa shape index (κ2) is 4.72. The predicted molar refractivity (Wildman–Crippen MR) is 60.8 cm³/mol. The Morgan fingerprint density at radius 3 is 2.80 bits per heavy atom. The molecular weight excluding hydrogens is 212 g/mol. The average Bonchev–Trinajstić information content (AvgIpc) is 2.71. The number of nitrogens with two attached hydrogens (primary N) is 1. The summed E-state index contributed by atoms with van der Waals surface area (Å²) in [5, 5.41) is 3.05. The molecule has 0 aromatic heterocycles. The summed E-state index contributed by atoms with van der Waals surface area (Å²) >= 11 is 1.89. The zero-order chi connectivity index (χ0) is 10.7. The summed E-state index contributed by atoms with van der Waals surface area (Å²) in [6.45, 7) is 1.20. The van der Waals surface area contributed by atoms with Crippen molar-refractivity contribution < 1.29 is 9.53 Å². The highest BCUT2D eigenvalue weighted by molar-refractivity contribution is 7.99. The third kappa shape index (κ3) is 2.65. The number of nitrogens with one attached hydrogen (secondary N) is 1. The first kappa shape index (κ1) is 11.2. The minimum Gasteiger partial charge on any atom is -0.381 e. The molecule has 1 amide bonds. The van der Waals surface area contributed by atoms with Crippen molar-refractivity contribution in [3.05, 3.63) is 0 Å². The SMILES string of the molecule is NC1(C(=O)NC2CCSC2)CCOCC1. The van der Waals surface area contributed by atoms with Crippen LogP contribution in [0.4, 0.5) is 0 Å². The van der Waals surface area contributed by atoms with Gasteiger partial charge in [-0.1, -0.05) is 0 Å². The zero-order valence-corrected chi connectivity index (χ0v) is 9.65. The van der Waals surface area contributed by atoms with E-state index in [9.17, 15) is 4.79 Å². The van der Waals surface area contributed by atoms with E-state index in [2.05, 4.69) is 5.32 Å². The van der Waals surface area contributed by atoms with E-state index in [1.807, 2.05) is 11.8 Å². The van der Waals surface area contributed by atoms with Crippen LogP contribution in [-0.4, -0.2) is 42.2 Å². The lowest BCUT2D eigenvalue weighted by molar-refractivity contribution is -0.130. The Balaban J connectivity index is 1.87. The lowest BCUT2D eigenvalue weighted by atomic mass is 9.90. The Morgan fingerprint density at radius 1 is 1.47 bits per heavy atom. The quantitative estimate of drug-likeness (QED) is 0.707. The van der Waals surface area contributed by atoms with E-state index in [1.54, 1.807) is 0 Å². The molecule has 0 aromatic rings. The molecule has 0 aromatic carbocycles. The zero-order valence-electron chi connectivity index (χ0n) is 8.83. The molecule has 2 heterocycles. The summed E-state index contributed by atoms with van der Waals surface area (Å²) in [7, 11) is 0.